The van der Waals surface area contributed by atoms with Crippen LogP contribution in [0.25, 0.3) is 21.3 Å². The van der Waals surface area contributed by atoms with Crippen molar-refractivity contribution in [3.8, 4) is 11.1 Å². The Balaban J connectivity index is 0.00000182. The molecule has 126 valence electrons. The first-order chi connectivity index (χ1) is 11.7. The lowest BCUT2D eigenvalue weighted by Crippen LogP contribution is -1.95. The average Bonchev–Trinajstić information content (AvgIpc) is 3.03. The van der Waals surface area contributed by atoms with Crippen molar-refractivity contribution in [2.24, 2.45) is 0 Å². The molecule has 2 aromatic carbocycles. The normalized spacial score (nSPS) is 10.5. The van der Waals surface area contributed by atoms with Crippen molar-refractivity contribution in [3.05, 3.63) is 70.3 Å². The number of nitrogens with zero attached hydrogens (tertiary/aromatic N) is 2. The van der Waals surface area contributed by atoms with E-state index in [1.165, 1.54) is 5.56 Å². The Kier molecular flexibility index (Phi) is 5.37. The Hall–Kier alpha value is -1.95. The van der Waals surface area contributed by atoms with Gasteiger partial charge in [0.15, 0.2) is 0 Å². The summed E-state index contributed by atoms with van der Waals surface area (Å²) in [5.41, 5.74) is 4.57. The molecule has 0 unspecified atom stereocenters. The van der Waals surface area contributed by atoms with Crippen LogP contribution in [0, 0.1) is 6.92 Å². The fraction of sp³-hybridized carbons (Fsp3) is 0.0526. The Morgan fingerprint density at radius 3 is 2.40 bits per heavy atom. The lowest BCUT2D eigenvalue weighted by molar-refractivity contribution is 1.23. The van der Waals surface area contributed by atoms with Gasteiger partial charge in [-0.15, -0.1) is 23.7 Å². The molecule has 4 aromatic rings. The van der Waals surface area contributed by atoms with Gasteiger partial charge in [-0.1, -0.05) is 45.8 Å². The molecule has 6 heteroatoms. The molecule has 2 heterocycles. The second kappa shape index (κ2) is 7.52. The highest BCUT2D eigenvalue weighted by molar-refractivity contribution is 9.10. The highest BCUT2D eigenvalue weighted by Gasteiger charge is 2.13. The molecular formula is C19H15BrClN3S. The molecule has 25 heavy (non-hydrogen) atoms. The van der Waals surface area contributed by atoms with Gasteiger partial charge in [0.25, 0.3) is 0 Å². The van der Waals surface area contributed by atoms with Gasteiger partial charge in [-0.25, -0.2) is 9.97 Å². The fourth-order valence-corrected chi connectivity index (χ4v) is 3.77. The standard InChI is InChI=1S/C19H14BrN3S.ClH/c1-12-2-8-15(9-3-12)23-18-17-16(10-24-19(17)22-11-21-18)13-4-6-14(20)7-5-13;/h2-11H,1H3,(H,21,22,23);1H. The quantitative estimate of drug-likeness (QED) is 0.396. The molecule has 0 aliphatic rings. The van der Waals surface area contributed by atoms with Crippen LogP contribution in [0.2, 0.25) is 0 Å². The molecule has 0 aliphatic heterocycles. The highest BCUT2D eigenvalue weighted by Crippen LogP contribution is 2.37. The maximum atomic E-state index is 4.48. The van der Waals surface area contributed by atoms with Gasteiger partial charge in [-0.05, 0) is 36.8 Å². The van der Waals surface area contributed by atoms with Crippen molar-refractivity contribution in [1.29, 1.82) is 0 Å². The minimum Gasteiger partial charge on any atom is -0.340 e. The average molecular weight is 433 g/mol. The molecular weight excluding hydrogens is 418 g/mol. The molecule has 3 nitrogen and oxygen atoms in total. The summed E-state index contributed by atoms with van der Waals surface area (Å²) < 4.78 is 1.07. The van der Waals surface area contributed by atoms with E-state index in [2.05, 4.69) is 92.0 Å². The van der Waals surface area contributed by atoms with Crippen molar-refractivity contribution >= 4 is 61.4 Å². The van der Waals surface area contributed by atoms with Gasteiger partial charge < -0.3 is 5.32 Å². The van der Waals surface area contributed by atoms with E-state index in [0.29, 0.717) is 0 Å². The third-order valence-corrected chi connectivity index (χ3v) is 5.25. The van der Waals surface area contributed by atoms with E-state index >= 15 is 0 Å². The number of rotatable bonds is 3. The van der Waals surface area contributed by atoms with E-state index in [0.717, 1.165) is 37.3 Å². The van der Waals surface area contributed by atoms with Crippen LogP contribution in [-0.2, 0) is 0 Å². The first-order valence-corrected chi connectivity index (χ1v) is 9.20. The third kappa shape index (κ3) is 3.68. The topological polar surface area (TPSA) is 37.8 Å². The number of nitrogens with one attached hydrogen (secondary N) is 1. The molecule has 0 saturated heterocycles. The van der Waals surface area contributed by atoms with Crippen LogP contribution < -0.4 is 5.32 Å². The molecule has 0 spiro atoms. The summed E-state index contributed by atoms with van der Waals surface area (Å²) in [4.78, 5) is 9.88. The van der Waals surface area contributed by atoms with Gasteiger partial charge >= 0.3 is 0 Å². The number of benzene rings is 2. The van der Waals surface area contributed by atoms with Crippen LogP contribution in [-0.4, -0.2) is 9.97 Å². The number of hydrogen-bond donors (Lipinski definition) is 1. The van der Waals surface area contributed by atoms with Gasteiger partial charge in [-0.3, -0.25) is 0 Å². The second-order valence-corrected chi connectivity index (χ2v) is 7.32. The SMILES string of the molecule is Cc1ccc(Nc2ncnc3scc(-c4ccc(Br)cc4)c23)cc1.Cl. The van der Waals surface area contributed by atoms with Crippen LogP contribution in [0.4, 0.5) is 11.5 Å². The summed E-state index contributed by atoms with van der Waals surface area (Å²) >= 11 is 5.13. The van der Waals surface area contributed by atoms with E-state index in [1.54, 1.807) is 17.7 Å². The fourth-order valence-electron chi connectivity index (χ4n) is 2.59. The Morgan fingerprint density at radius 2 is 1.68 bits per heavy atom. The molecule has 1 N–H and O–H groups in total. The minimum absolute atomic E-state index is 0. The Morgan fingerprint density at radius 1 is 0.960 bits per heavy atom. The van der Waals surface area contributed by atoms with Crippen LogP contribution in [0.3, 0.4) is 0 Å². The predicted molar refractivity (Wildman–Crippen MR) is 112 cm³/mol. The molecule has 0 saturated carbocycles. The largest absolute Gasteiger partial charge is 0.340 e. The molecule has 0 aliphatic carbocycles. The second-order valence-electron chi connectivity index (χ2n) is 5.55. The molecule has 2 aromatic heterocycles. The summed E-state index contributed by atoms with van der Waals surface area (Å²) in [6.45, 7) is 2.08. The van der Waals surface area contributed by atoms with Crippen LogP contribution in [0.5, 0.6) is 0 Å². The first-order valence-electron chi connectivity index (χ1n) is 7.52. The van der Waals surface area contributed by atoms with E-state index in [1.807, 2.05) is 0 Å². The lowest BCUT2D eigenvalue weighted by atomic mass is 10.1. The molecule has 0 fully saturated rings. The zero-order valence-corrected chi connectivity index (χ0v) is 16.6. The number of aromatic nitrogens is 2. The molecule has 4 rings (SSSR count). The maximum absolute atomic E-state index is 4.48. The van der Waals surface area contributed by atoms with Crippen molar-refractivity contribution in [2.45, 2.75) is 6.92 Å². The number of fused-ring (bicyclic) bond motifs is 1. The third-order valence-electron chi connectivity index (χ3n) is 3.84. The van der Waals surface area contributed by atoms with Crippen molar-refractivity contribution < 1.29 is 0 Å². The summed E-state index contributed by atoms with van der Waals surface area (Å²) in [6.07, 6.45) is 1.61. The van der Waals surface area contributed by atoms with E-state index in [-0.39, 0.29) is 12.4 Å². The highest BCUT2D eigenvalue weighted by atomic mass is 79.9. The lowest BCUT2D eigenvalue weighted by Gasteiger charge is -2.09. The minimum atomic E-state index is 0. The number of aryl methyl sites for hydroxylation is 1. The summed E-state index contributed by atoms with van der Waals surface area (Å²) in [6, 6.07) is 16.6. The smallest absolute Gasteiger partial charge is 0.143 e. The van der Waals surface area contributed by atoms with Crippen LogP contribution in [0.1, 0.15) is 5.56 Å². The van der Waals surface area contributed by atoms with E-state index in [9.17, 15) is 0 Å². The van der Waals surface area contributed by atoms with Crippen molar-refractivity contribution in [2.75, 3.05) is 5.32 Å². The van der Waals surface area contributed by atoms with Crippen LogP contribution in [0.15, 0.2) is 64.7 Å². The number of halogens is 2. The van der Waals surface area contributed by atoms with E-state index < -0.39 is 0 Å². The first kappa shape index (κ1) is 17.9. The molecule has 0 amide bonds. The summed E-state index contributed by atoms with van der Waals surface area (Å²) in [5.74, 6) is 0.836. The number of thiophene rings is 1. The zero-order valence-electron chi connectivity index (χ0n) is 13.4. The van der Waals surface area contributed by atoms with Gasteiger partial charge in [0.1, 0.15) is 17.0 Å². The Labute approximate surface area is 164 Å². The van der Waals surface area contributed by atoms with Gasteiger partial charge in [0.2, 0.25) is 0 Å². The summed E-state index contributed by atoms with van der Waals surface area (Å²) in [5, 5.41) is 6.63. The predicted octanol–water partition coefficient (Wildman–Crippen LogP) is 6.59. The number of anilines is 2. The zero-order chi connectivity index (χ0) is 16.5. The van der Waals surface area contributed by atoms with Crippen molar-refractivity contribution in [1.82, 2.24) is 9.97 Å². The molecule has 0 radical (unpaired) electrons. The molecule has 0 atom stereocenters. The van der Waals surface area contributed by atoms with Crippen LogP contribution >= 0.6 is 39.7 Å². The van der Waals surface area contributed by atoms with Crippen molar-refractivity contribution in [3.63, 3.8) is 0 Å². The monoisotopic (exact) mass is 431 g/mol. The van der Waals surface area contributed by atoms with E-state index in [4.69, 9.17) is 0 Å². The van der Waals surface area contributed by atoms with Gasteiger partial charge in [0, 0.05) is 21.1 Å². The Bertz CT molecular complexity index is 998. The number of hydrogen-bond acceptors (Lipinski definition) is 4. The molecule has 0 bridgehead atoms. The van der Waals surface area contributed by atoms with Gasteiger partial charge in [-0.2, -0.15) is 0 Å². The summed E-state index contributed by atoms with van der Waals surface area (Å²) in [7, 11) is 0. The van der Waals surface area contributed by atoms with Gasteiger partial charge in [0.05, 0.1) is 5.39 Å². The maximum Gasteiger partial charge on any atom is 0.143 e.